The van der Waals surface area contributed by atoms with Crippen molar-refractivity contribution in [3.63, 3.8) is 0 Å². The van der Waals surface area contributed by atoms with Gasteiger partial charge >= 0.3 is 0 Å². The van der Waals surface area contributed by atoms with Crippen LogP contribution in [0, 0.1) is 19.8 Å². The molecule has 0 amide bonds. The third-order valence-corrected chi connectivity index (χ3v) is 4.27. The maximum atomic E-state index is 5.74. The van der Waals surface area contributed by atoms with Crippen molar-refractivity contribution < 1.29 is 14.4 Å². The highest BCUT2D eigenvalue weighted by Crippen LogP contribution is 2.15. The summed E-state index contributed by atoms with van der Waals surface area (Å²) in [6.45, 7) is 12.5. The summed E-state index contributed by atoms with van der Waals surface area (Å²) in [7, 11) is 0. The summed E-state index contributed by atoms with van der Waals surface area (Å²) >= 11 is 0. The number of quaternary nitrogens is 1. The number of likely N-dealkylation sites (tertiary alicyclic amines) is 1. The summed E-state index contributed by atoms with van der Waals surface area (Å²) < 4.78 is 11.4. The van der Waals surface area contributed by atoms with Crippen molar-refractivity contribution in [2.75, 3.05) is 39.5 Å². The number of benzene rings is 1. The second-order valence-electron chi connectivity index (χ2n) is 6.47. The number of ether oxygens (including phenoxy) is 2. The minimum absolute atomic E-state index is 0.634. The molecule has 1 aliphatic heterocycles. The van der Waals surface area contributed by atoms with Gasteiger partial charge in [-0.2, -0.15) is 0 Å². The minimum atomic E-state index is 0.634. The lowest BCUT2D eigenvalue weighted by molar-refractivity contribution is -0.906. The molecule has 0 unspecified atom stereocenters. The molecule has 0 aliphatic carbocycles. The number of nitrogens with one attached hydrogen (secondary N) is 1. The van der Waals surface area contributed by atoms with E-state index in [1.165, 1.54) is 37.1 Å². The second kappa shape index (κ2) is 8.40. The molecule has 0 saturated carbocycles. The third-order valence-electron chi connectivity index (χ3n) is 4.27. The van der Waals surface area contributed by atoms with Crippen LogP contribution >= 0.6 is 0 Å². The van der Waals surface area contributed by atoms with Crippen molar-refractivity contribution in [1.29, 1.82) is 0 Å². The van der Waals surface area contributed by atoms with Crippen molar-refractivity contribution in [2.24, 2.45) is 5.92 Å². The van der Waals surface area contributed by atoms with E-state index in [2.05, 4.69) is 39.0 Å². The Morgan fingerprint density at radius 1 is 1.00 bits per heavy atom. The molecule has 1 fully saturated rings. The Balaban J connectivity index is 1.54. The van der Waals surface area contributed by atoms with Gasteiger partial charge in [-0.1, -0.05) is 13.0 Å². The standard InChI is InChI=1S/C18H29NO2/c1-15-4-6-19(7-5-15)8-9-20-10-11-21-18-13-16(2)12-17(3)14-18/h12-15H,4-11H2,1-3H3/p+1. The molecule has 3 heteroatoms. The van der Waals surface area contributed by atoms with Gasteiger partial charge in [0, 0.05) is 0 Å². The van der Waals surface area contributed by atoms with Gasteiger partial charge < -0.3 is 14.4 Å². The highest BCUT2D eigenvalue weighted by molar-refractivity contribution is 5.32. The molecule has 1 aliphatic rings. The molecule has 1 saturated heterocycles. The van der Waals surface area contributed by atoms with E-state index < -0.39 is 0 Å². The number of piperidine rings is 1. The fraction of sp³-hybridized carbons (Fsp3) is 0.667. The number of aryl methyl sites for hydroxylation is 2. The summed E-state index contributed by atoms with van der Waals surface area (Å²) in [5, 5.41) is 0. The second-order valence-corrected chi connectivity index (χ2v) is 6.47. The molecule has 1 aromatic carbocycles. The summed E-state index contributed by atoms with van der Waals surface area (Å²) in [5.74, 6) is 1.87. The predicted octanol–water partition coefficient (Wildman–Crippen LogP) is 2.01. The SMILES string of the molecule is Cc1cc(C)cc(OCCOCC[NH+]2CCC(C)CC2)c1. The lowest BCUT2D eigenvalue weighted by Crippen LogP contribution is -3.13. The highest BCUT2D eigenvalue weighted by Gasteiger charge is 2.17. The van der Waals surface area contributed by atoms with E-state index in [0.717, 1.165) is 24.8 Å². The van der Waals surface area contributed by atoms with Crippen molar-refractivity contribution >= 4 is 0 Å². The molecule has 1 N–H and O–H groups in total. The predicted molar refractivity (Wildman–Crippen MR) is 86.2 cm³/mol. The van der Waals surface area contributed by atoms with Crippen LogP contribution in [0.5, 0.6) is 5.75 Å². The molecular formula is C18H30NO2+. The summed E-state index contributed by atoms with van der Waals surface area (Å²) in [4.78, 5) is 1.70. The van der Waals surface area contributed by atoms with Crippen LogP contribution in [0.2, 0.25) is 0 Å². The zero-order valence-corrected chi connectivity index (χ0v) is 13.8. The van der Waals surface area contributed by atoms with Crippen LogP contribution in [0.25, 0.3) is 0 Å². The lowest BCUT2D eigenvalue weighted by atomic mass is 9.99. The topological polar surface area (TPSA) is 22.9 Å². The Morgan fingerprint density at radius 2 is 1.67 bits per heavy atom. The van der Waals surface area contributed by atoms with E-state index in [1.807, 2.05) is 0 Å². The van der Waals surface area contributed by atoms with Gasteiger partial charge in [-0.05, 0) is 55.9 Å². The van der Waals surface area contributed by atoms with Gasteiger partial charge in [-0.3, -0.25) is 0 Å². The molecule has 21 heavy (non-hydrogen) atoms. The molecule has 0 bridgehead atoms. The number of rotatable bonds is 7. The van der Waals surface area contributed by atoms with Gasteiger partial charge in [0.05, 0.1) is 26.3 Å². The average molecular weight is 292 g/mol. The van der Waals surface area contributed by atoms with E-state index >= 15 is 0 Å². The van der Waals surface area contributed by atoms with Gasteiger partial charge in [0.25, 0.3) is 0 Å². The molecule has 0 radical (unpaired) electrons. The number of hydrogen-bond donors (Lipinski definition) is 1. The Morgan fingerprint density at radius 3 is 2.33 bits per heavy atom. The Labute approximate surface area is 129 Å². The lowest BCUT2D eigenvalue weighted by Gasteiger charge is -2.27. The maximum absolute atomic E-state index is 5.74. The van der Waals surface area contributed by atoms with Crippen LogP contribution in [0.4, 0.5) is 0 Å². The van der Waals surface area contributed by atoms with Crippen LogP contribution < -0.4 is 9.64 Å². The van der Waals surface area contributed by atoms with Crippen LogP contribution in [0.15, 0.2) is 18.2 Å². The zero-order chi connectivity index (χ0) is 15.1. The van der Waals surface area contributed by atoms with Crippen molar-refractivity contribution in [1.82, 2.24) is 0 Å². The first-order valence-corrected chi connectivity index (χ1v) is 8.26. The largest absolute Gasteiger partial charge is 0.491 e. The molecule has 0 aromatic heterocycles. The zero-order valence-electron chi connectivity index (χ0n) is 13.8. The number of hydrogen-bond acceptors (Lipinski definition) is 2. The van der Waals surface area contributed by atoms with Crippen molar-refractivity contribution in [2.45, 2.75) is 33.6 Å². The first-order valence-electron chi connectivity index (χ1n) is 8.26. The third kappa shape index (κ3) is 6.06. The molecule has 1 aromatic rings. The Kier molecular flexibility index (Phi) is 6.52. The van der Waals surface area contributed by atoms with Crippen LogP contribution in [0.3, 0.4) is 0 Å². The van der Waals surface area contributed by atoms with Gasteiger partial charge in [0.15, 0.2) is 0 Å². The van der Waals surface area contributed by atoms with Crippen LogP contribution in [-0.2, 0) is 4.74 Å². The van der Waals surface area contributed by atoms with Gasteiger partial charge in [-0.25, -0.2) is 0 Å². The first-order chi connectivity index (χ1) is 10.1. The van der Waals surface area contributed by atoms with Crippen molar-refractivity contribution in [3.8, 4) is 5.75 Å². The maximum Gasteiger partial charge on any atom is 0.119 e. The van der Waals surface area contributed by atoms with Crippen LogP contribution in [-0.4, -0.2) is 39.5 Å². The van der Waals surface area contributed by atoms with E-state index in [1.54, 1.807) is 4.90 Å². The quantitative estimate of drug-likeness (QED) is 0.777. The highest BCUT2D eigenvalue weighted by atomic mass is 16.5. The van der Waals surface area contributed by atoms with E-state index in [4.69, 9.17) is 9.47 Å². The van der Waals surface area contributed by atoms with E-state index in [9.17, 15) is 0 Å². The minimum Gasteiger partial charge on any atom is -0.491 e. The Bertz CT molecular complexity index is 405. The molecular weight excluding hydrogens is 262 g/mol. The monoisotopic (exact) mass is 292 g/mol. The van der Waals surface area contributed by atoms with Gasteiger partial charge in [0.1, 0.15) is 18.9 Å². The molecule has 118 valence electrons. The van der Waals surface area contributed by atoms with Gasteiger partial charge in [0.2, 0.25) is 0 Å². The molecule has 0 atom stereocenters. The first kappa shape index (κ1) is 16.3. The average Bonchev–Trinajstić information content (AvgIpc) is 2.43. The Hall–Kier alpha value is -1.06. The fourth-order valence-electron chi connectivity index (χ4n) is 2.97. The smallest absolute Gasteiger partial charge is 0.119 e. The normalized spacial score (nSPS) is 22.2. The van der Waals surface area contributed by atoms with E-state index in [0.29, 0.717) is 13.2 Å². The van der Waals surface area contributed by atoms with Crippen molar-refractivity contribution in [3.05, 3.63) is 29.3 Å². The molecule has 1 heterocycles. The summed E-state index contributed by atoms with van der Waals surface area (Å²) in [6, 6.07) is 6.31. The molecule has 2 rings (SSSR count). The van der Waals surface area contributed by atoms with Gasteiger partial charge in [-0.15, -0.1) is 0 Å². The molecule has 3 nitrogen and oxygen atoms in total. The summed E-state index contributed by atoms with van der Waals surface area (Å²) in [6.07, 6.45) is 2.73. The van der Waals surface area contributed by atoms with E-state index in [-0.39, 0.29) is 0 Å². The van der Waals surface area contributed by atoms with Crippen LogP contribution in [0.1, 0.15) is 30.9 Å². The fourth-order valence-corrected chi connectivity index (χ4v) is 2.97. The summed E-state index contributed by atoms with van der Waals surface area (Å²) in [5.41, 5.74) is 2.49. The molecule has 0 spiro atoms.